The van der Waals surface area contributed by atoms with Crippen LogP contribution >= 0.6 is 11.3 Å². The van der Waals surface area contributed by atoms with Crippen LogP contribution in [0.5, 0.6) is 0 Å². The average Bonchev–Trinajstić information content (AvgIpc) is 3.52. The van der Waals surface area contributed by atoms with Gasteiger partial charge in [-0.05, 0) is 64.9 Å². The third-order valence-electron chi connectivity index (χ3n) is 6.96. The SMILES string of the molecule is C=Cc1ccc(C(=O)N2CCC([C@]3(c4cccnc4)NC(=O)N(Cc4ccsc4)C3=O)CC2)cc1. The number of rotatable bonds is 6. The molecule has 35 heavy (non-hydrogen) atoms. The van der Waals surface area contributed by atoms with Crippen LogP contribution in [0.2, 0.25) is 0 Å². The van der Waals surface area contributed by atoms with E-state index in [1.165, 1.54) is 16.2 Å². The van der Waals surface area contributed by atoms with Crippen LogP contribution in [0, 0.1) is 5.92 Å². The van der Waals surface area contributed by atoms with Gasteiger partial charge in [-0.25, -0.2) is 4.79 Å². The maximum absolute atomic E-state index is 13.9. The molecule has 8 heteroatoms. The number of pyridine rings is 1. The second-order valence-electron chi connectivity index (χ2n) is 8.90. The molecule has 5 rings (SSSR count). The molecule has 2 saturated heterocycles. The number of hydrogen-bond acceptors (Lipinski definition) is 5. The summed E-state index contributed by atoms with van der Waals surface area (Å²) >= 11 is 1.53. The standard InChI is InChI=1S/C27H26N4O3S/c1-2-19-5-7-21(8-6-19)24(32)30-13-9-22(10-14-30)27(23-4-3-12-28-16-23)25(33)31(26(34)29-27)17-20-11-15-35-18-20/h2-8,11-12,15-16,18,22H,1,9-10,13-14,17H2,(H,29,34)/t27-/m1/s1. The number of nitrogens with zero attached hydrogens (tertiary/aromatic N) is 3. The normalized spacial score (nSPS) is 20.7. The molecule has 0 unspecified atom stereocenters. The van der Waals surface area contributed by atoms with Gasteiger partial charge in [-0.2, -0.15) is 11.3 Å². The van der Waals surface area contributed by atoms with Crippen molar-refractivity contribution in [2.75, 3.05) is 13.1 Å². The summed E-state index contributed by atoms with van der Waals surface area (Å²) in [6.45, 7) is 4.99. The minimum Gasteiger partial charge on any atom is -0.339 e. The van der Waals surface area contributed by atoms with E-state index in [2.05, 4.69) is 16.9 Å². The van der Waals surface area contributed by atoms with Crippen LogP contribution in [0.3, 0.4) is 0 Å². The molecule has 1 aromatic carbocycles. The van der Waals surface area contributed by atoms with Gasteiger partial charge in [0.25, 0.3) is 11.8 Å². The fourth-order valence-electron chi connectivity index (χ4n) is 5.07. The molecule has 2 aromatic heterocycles. The average molecular weight is 487 g/mol. The zero-order valence-corrected chi connectivity index (χ0v) is 20.0. The molecule has 4 heterocycles. The molecule has 0 aliphatic carbocycles. The number of likely N-dealkylation sites (tertiary alicyclic amines) is 1. The minimum absolute atomic E-state index is 0.0321. The molecule has 2 fully saturated rings. The first kappa shape index (κ1) is 23.0. The van der Waals surface area contributed by atoms with Gasteiger partial charge >= 0.3 is 6.03 Å². The Hall–Kier alpha value is -3.78. The first-order chi connectivity index (χ1) is 17.0. The largest absolute Gasteiger partial charge is 0.339 e. The summed E-state index contributed by atoms with van der Waals surface area (Å²) in [6, 6.07) is 12.5. The van der Waals surface area contributed by atoms with Crippen LogP contribution < -0.4 is 5.32 Å². The smallest absolute Gasteiger partial charge is 0.325 e. The third kappa shape index (κ3) is 4.14. The number of carbonyl (C=O) groups excluding carboxylic acids is 3. The van der Waals surface area contributed by atoms with Crippen LogP contribution in [0.4, 0.5) is 4.79 Å². The van der Waals surface area contributed by atoms with Crippen molar-refractivity contribution in [2.24, 2.45) is 5.92 Å². The van der Waals surface area contributed by atoms with Gasteiger partial charge in [-0.1, -0.05) is 30.9 Å². The zero-order chi connectivity index (χ0) is 24.4. The first-order valence-corrected chi connectivity index (χ1v) is 12.5. The van der Waals surface area contributed by atoms with Crippen LogP contribution in [-0.2, 0) is 16.9 Å². The molecule has 3 aromatic rings. The Morgan fingerprint density at radius 1 is 1.17 bits per heavy atom. The van der Waals surface area contributed by atoms with Crippen molar-refractivity contribution >= 4 is 35.3 Å². The number of piperidine rings is 1. The Bertz CT molecular complexity index is 1240. The van der Waals surface area contributed by atoms with Crippen molar-refractivity contribution in [3.63, 3.8) is 0 Å². The highest BCUT2D eigenvalue weighted by Gasteiger charge is 2.57. The predicted molar refractivity (Wildman–Crippen MR) is 134 cm³/mol. The van der Waals surface area contributed by atoms with E-state index in [4.69, 9.17) is 0 Å². The van der Waals surface area contributed by atoms with E-state index in [1.54, 1.807) is 24.5 Å². The molecular weight excluding hydrogens is 460 g/mol. The van der Waals surface area contributed by atoms with Gasteiger partial charge in [-0.3, -0.25) is 19.5 Å². The highest BCUT2D eigenvalue weighted by molar-refractivity contribution is 7.07. The summed E-state index contributed by atoms with van der Waals surface area (Å²) < 4.78 is 0. The van der Waals surface area contributed by atoms with Gasteiger partial charge in [0.05, 0.1) is 6.54 Å². The number of nitrogens with one attached hydrogen (secondary N) is 1. The topological polar surface area (TPSA) is 82.6 Å². The molecular formula is C27H26N4O3S. The van der Waals surface area contributed by atoms with Crippen molar-refractivity contribution in [3.8, 4) is 0 Å². The summed E-state index contributed by atoms with van der Waals surface area (Å²) in [5.74, 6) is -0.454. The van der Waals surface area contributed by atoms with Gasteiger partial charge < -0.3 is 10.2 Å². The van der Waals surface area contributed by atoms with Crippen molar-refractivity contribution in [2.45, 2.75) is 24.9 Å². The van der Waals surface area contributed by atoms with Crippen LogP contribution in [0.15, 0.2) is 72.2 Å². The maximum Gasteiger partial charge on any atom is 0.325 e. The van der Waals surface area contributed by atoms with Crippen LogP contribution in [-0.4, -0.2) is 45.7 Å². The first-order valence-electron chi connectivity index (χ1n) is 11.6. The highest BCUT2D eigenvalue weighted by Crippen LogP contribution is 2.41. The maximum atomic E-state index is 13.9. The molecule has 1 atom stereocenters. The van der Waals surface area contributed by atoms with E-state index < -0.39 is 11.6 Å². The van der Waals surface area contributed by atoms with Crippen LogP contribution in [0.1, 0.15) is 39.9 Å². The summed E-state index contributed by atoms with van der Waals surface area (Å²) in [6.07, 6.45) is 6.23. The number of carbonyl (C=O) groups is 3. The molecule has 0 radical (unpaired) electrons. The van der Waals surface area contributed by atoms with Gasteiger partial charge in [0.1, 0.15) is 0 Å². The van der Waals surface area contributed by atoms with E-state index in [9.17, 15) is 14.4 Å². The van der Waals surface area contributed by atoms with Crippen LogP contribution in [0.25, 0.3) is 6.08 Å². The second kappa shape index (κ2) is 9.46. The molecule has 2 aliphatic heterocycles. The number of amides is 4. The lowest BCUT2D eigenvalue weighted by molar-refractivity contribution is -0.134. The number of hydrogen-bond donors (Lipinski definition) is 1. The lowest BCUT2D eigenvalue weighted by atomic mass is 9.73. The van der Waals surface area contributed by atoms with Crippen molar-refractivity contribution in [1.82, 2.24) is 20.1 Å². The van der Waals surface area contributed by atoms with Gasteiger partial charge in [0.2, 0.25) is 0 Å². The Morgan fingerprint density at radius 3 is 2.57 bits per heavy atom. The Balaban J connectivity index is 1.38. The molecule has 0 spiro atoms. The molecule has 4 amide bonds. The Labute approximate surface area is 208 Å². The van der Waals surface area contributed by atoms with E-state index >= 15 is 0 Å². The van der Waals surface area contributed by atoms with E-state index in [0.717, 1.165) is 11.1 Å². The zero-order valence-electron chi connectivity index (χ0n) is 19.2. The van der Waals surface area contributed by atoms with E-state index in [1.807, 2.05) is 52.1 Å². The van der Waals surface area contributed by atoms with Crippen molar-refractivity contribution in [1.29, 1.82) is 0 Å². The number of aromatic nitrogens is 1. The minimum atomic E-state index is -1.19. The fraction of sp³-hybridized carbons (Fsp3) is 0.259. The van der Waals surface area contributed by atoms with E-state index in [-0.39, 0.29) is 24.3 Å². The molecule has 0 saturated carbocycles. The van der Waals surface area contributed by atoms with Gasteiger partial charge in [0, 0.05) is 36.6 Å². The lowest BCUT2D eigenvalue weighted by Gasteiger charge is -2.41. The highest BCUT2D eigenvalue weighted by atomic mass is 32.1. The molecule has 178 valence electrons. The molecule has 2 aliphatic rings. The Morgan fingerprint density at radius 2 is 1.94 bits per heavy atom. The molecule has 0 bridgehead atoms. The van der Waals surface area contributed by atoms with Gasteiger partial charge in [-0.15, -0.1) is 0 Å². The molecule has 7 nitrogen and oxygen atoms in total. The number of urea groups is 1. The summed E-state index contributed by atoms with van der Waals surface area (Å²) in [5.41, 5.74) is 1.99. The molecule has 1 N–H and O–H groups in total. The lowest BCUT2D eigenvalue weighted by Crippen LogP contribution is -2.54. The van der Waals surface area contributed by atoms with Crippen molar-refractivity contribution in [3.05, 3.63) is 94.5 Å². The Kier molecular flexibility index (Phi) is 6.21. The van der Waals surface area contributed by atoms with E-state index in [0.29, 0.717) is 37.1 Å². The summed E-state index contributed by atoms with van der Waals surface area (Å²) in [4.78, 5) is 47.4. The predicted octanol–water partition coefficient (Wildman–Crippen LogP) is 4.29. The second-order valence-corrected chi connectivity index (χ2v) is 9.68. The summed E-state index contributed by atoms with van der Waals surface area (Å²) in [7, 11) is 0. The monoisotopic (exact) mass is 486 g/mol. The quantitative estimate of drug-likeness (QED) is 0.527. The van der Waals surface area contributed by atoms with Crippen molar-refractivity contribution < 1.29 is 14.4 Å². The number of imide groups is 1. The summed E-state index contributed by atoms with van der Waals surface area (Å²) in [5, 5.41) is 6.91. The number of thiophene rings is 1. The van der Waals surface area contributed by atoms with Gasteiger partial charge in [0.15, 0.2) is 5.54 Å². The third-order valence-corrected chi connectivity index (χ3v) is 7.69. The number of benzene rings is 1. The fourth-order valence-corrected chi connectivity index (χ4v) is 5.73.